The number of nitrogens with zero attached hydrogens (tertiary/aromatic N) is 1. The van der Waals surface area contributed by atoms with Crippen molar-refractivity contribution in [3.63, 3.8) is 0 Å². The second kappa shape index (κ2) is 9.59. The lowest BCUT2D eigenvalue weighted by molar-refractivity contribution is 0.137. The Morgan fingerprint density at radius 3 is 2.44 bits per heavy atom. The largest absolute Gasteiger partial charge is 0.446 e. The normalized spacial score (nSPS) is 24.5. The van der Waals surface area contributed by atoms with Gasteiger partial charge in [0.15, 0.2) is 0 Å². The van der Waals surface area contributed by atoms with E-state index in [1.807, 2.05) is 18.2 Å². The molecule has 1 aromatic rings. The fourth-order valence-corrected chi connectivity index (χ4v) is 11.5. The van der Waals surface area contributed by atoms with E-state index in [0.717, 1.165) is 12.0 Å². The summed E-state index contributed by atoms with van der Waals surface area (Å²) < 4.78 is 13.9. The third kappa shape index (κ3) is 4.61. The second-order valence-corrected chi connectivity index (χ2v) is 15.0. The molecule has 1 fully saturated rings. The Bertz CT molecular complexity index is 677. The molecule has 0 radical (unpaired) electrons. The minimum absolute atomic E-state index is 0.329. The molecule has 0 unspecified atom stereocenters. The highest BCUT2D eigenvalue weighted by atomic mass is 127. The average Bonchev–Trinajstić information content (AvgIpc) is 2.74. The van der Waals surface area contributed by atoms with Crippen molar-refractivity contribution in [2.45, 2.75) is 77.2 Å². The second-order valence-electron chi connectivity index (χ2n) is 7.75. The van der Waals surface area contributed by atoms with Gasteiger partial charge < -0.3 is 9.47 Å². The molecule has 0 aromatic heterocycles. The molecule has 5 heteroatoms. The summed E-state index contributed by atoms with van der Waals surface area (Å²) in [5.74, 6) is 1.65. The lowest BCUT2D eigenvalue weighted by atomic mass is 9.83. The molecule has 2 atom stereocenters. The van der Waals surface area contributed by atoms with Gasteiger partial charge in [0.05, 0.1) is 14.1 Å². The van der Waals surface area contributed by atoms with Crippen molar-refractivity contribution in [3.8, 4) is 0 Å². The molecule has 0 saturated heterocycles. The lowest BCUT2D eigenvalue weighted by Crippen LogP contribution is -2.39. The van der Waals surface area contributed by atoms with Crippen LogP contribution in [0.3, 0.4) is 0 Å². The van der Waals surface area contributed by atoms with E-state index in [2.05, 4.69) is 55.5 Å². The predicted molar refractivity (Wildman–Crippen MR) is 124 cm³/mol. The van der Waals surface area contributed by atoms with Crippen molar-refractivity contribution in [2.24, 2.45) is 10.9 Å². The van der Waals surface area contributed by atoms with Gasteiger partial charge in [-0.2, -0.15) is 0 Å². The standard InChI is InChI=1S/C22H32INO2Si/c1-4-27(5-2,6-3)21(23)20-18-14-10-11-15-19(18)24-22(26-20)25-16-17-12-8-7-9-13-17/h7-9,12-13,18-19H,4-6,10-11,14-16H2,1-3H3/b21-20-/t18-,19+/m0/s1. The molecule has 0 spiro atoms. The van der Waals surface area contributed by atoms with Crippen LogP contribution in [0.2, 0.25) is 18.1 Å². The van der Waals surface area contributed by atoms with Gasteiger partial charge in [0.2, 0.25) is 0 Å². The summed E-state index contributed by atoms with van der Waals surface area (Å²) in [5.41, 5.74) is 1.15. The van der Waals surface area contributed by atoms with Crippen LogP contribution in [0.15, 0.2) is 44.3 Å². The number of aliphatic imine (C=N–C) groups is 1. The molecule has 0 bridgehead atoms. The van der Waals surface area contributed by atoms with Crippen LogP contribution in [-0.2, 0) is 16.1 Å². The number of ether oxygens (including phenoxy) is 2. The van der Waals surface area contributed by atoms with Crippen LogP contribution in [0, 0.1) is 5.92 Å². The Morgan fingerprint density at radius 2 is 1.78 bits per heavy atom. The summed E-state index contributed by atoms with van der Waals surface area (Å²) in [6, 6.07) is 14.4. The summed E-state index contributed by atoms with van der Waals surface area (Å²) in [6.07, 6.45) is 5.38. The quantitative estimate of drug-likeness (QED) is 0.318. The van der Waals surface area contributed by atoms with Crippen molar-refractivity contribution < 1.29 is 9.47 Å². The topological polar surface area (TPSA) is 30.8 Å². The van der Waals surface area contributed by atoms with E-state index in [4.69, 9.17) is 14.5 Å². The number of benzene rings is 1. The van der Waals surface area contributed by atoms with E-state index < -0.39 is 8.07 Å². The SMILES string of the molecule is CC[Si](CC)(CC)/C(I)=C1\OC(OCc2ccccc2)=N[C@@H]2CCCC[C@H]12. The van der Waals surface area contributed by atoms with Crippen LogP contribution >= 0.6 is 22.6 Å². The summed E-state index contributed by atoms with van der Waals surface area (Å²) in [4.78, 5) is 4.86. The van der Waals surface area contributed by atoms with E-state index in [0.29, 0.717) is 24.7 Å². The Labute approximate surface area is 178 Å². The number of hydrogen-bond acceptors (Lipinski definition) is 3. The third-order valence-electron chi connectivity index (χ3n) is 6.45. The molecular weight excluding hydrogens is 465 g/mol. The molecule has 148 valence electrons. The Hall–Kier alpha value is -0.823. The van der Waals surface area contributed by atoms with Gasteiger partial charge in [-0.15, -0.1) is 0 Å². The number of hydrogen-bond donors (Lipinski definition) is 0. The fraction of sp³-hybridized carbons (Fsp3) is 0.591. The highest BCUT2D eigenvalue weighted by Crippen LogP contribution is 2.44. The zero-order chi connectivity index (χ0) is 19.3. The third-order valence-corrected chi connectivity index (χ3v) is 15.7. The van der Waals surface area contributed by atoms with E-state index in [1.165, 1.54) is 46.4 Å². The van der Waals surface area contributed by atoms with Crippen molar-refractivity contribution in [1.82, 2.24) is 0 Å². The highest BCUT2D eigenvalue weighted by molar-refractivity contribution is 14.1. The van der Waals surface area contributed by atoms with Crippen LogP contribution < -0.4 is 0 Å². The molecule has 1 aromatic carbocycles. The van der Waals surface area contributed by atoms with E-state index in [9.17, 15) is 0 Å². The molecule has 0 N–H and O–H groups in total. The highest BCUT2D eigenvalue weighted by Gasteiger charge is 2.41. The van der Waals surface area contributed by atoms with Gasteiger partial charge >= 0.3 is 6.08 Å². The first-order valence-electron chi connectivity index (χ1n) is 10.5. The molecule has 1 aliphatic heterocycles. The summed E-state index contributed by atoms with van der Waals surface area (Å²) >= 11 is 2.62. The van der Waals surface area contributed by atoms with Crippen LogP contribution in [0.1, 0.15) is 52.0 Å². The number of rotatable bonds is 6. The number of halogens is 1. The van der Waals surface area contributed by atoms with Crippen LogP contribution in [0.25, 0.3) is 0 Å². The minimum Gasteiger partial charge on any atom is -0.446 e. The van der Waals surface area contributed by atoms with Crippen molar-refractivity contribution in [3.05, 3.63) is 44.9 Å². The summed E-state index contributed by atoms with van der Waals surface area (Å²) in [5, 5.41) is 0. The van der Waals surface area contributed by atoms with Gasteiger partial charge in [0.1, 0.15) is 12.4 Å². The maximum absolute atomic E-state index is 6.39. The molecule has 3 rings (SSSR count). The first-order chi connectivity index (χ1) is 13.1. The van der Waals surface area contributed by atoms with Crippen molar-refractivity contribution >= 4 is 36.7 Å². The van der Waals surface area contributed by atoms with E-state index >= 15 is 0 Å². The molecule has 1 heterocycles. The van der Waals surface area contributed by atoms with Crippen LogP contribution in [0.5, 0.6) is 0 Å². The maximum Gasteiger partial charge on any atom is 0.389 e. The molecule has 0 amide bonds. The lowest BCUT2D eigenvalue weighted by Gasteiger charge is -2.38. The molecular formula is C22H32INO2Si. The zero-order valence-corrected chi connectivity index (χ0v) is 20.0. The summed E-state index contributed by atoms with van der Waals surface area (Å²) in [6.45, 7) is 7.60. The van der Waals surface area contributed by atoms with E-state index in [-0.39, 0.29) is 0 Å². The Kier molecular flexibility index (Phi) is 7.42. The molecule has 1 aliphatic carbocycles. The summed E-state index contributed by atoms with van der Waals surface area (Å²) in [7, 11) is -1.47. The van der Waals surface area contributed by atoms with Crippen LogP contribution in [-0.4, -0.2) is 20.2 Å². The van der Waals surface area contributed by atoms with Gasteiger partial charge in [-0.1, -0.05) is 105 Å². The van der Waals surface area contributed by atoms with Gasteiger partial charge in [0.25, 0.3) is 0 Å². The van der Waals surface area contributed by atoms with Crippen molar-refractivity contribution in [2.75, 3.05) is 0 Å². The molecule has 3 nitrogen and oxygen atoms in total. The Morgan fingerprint density at radius 1 is 1.11 bits per heavy atom. The van der Waals surface area contributed by atoms with Crippen molar-refractivity contribution in [1.29, 1.82) is 0 Å². The average molecular weight is 497 g/mol. The van der Waals surface area contributed by atoms with Gasteiger partial charge in [-0.25, -0.2) is 4.99 Å². The van der Waals surface area contributed by atoms with Gasteiger partial charge in [-0.05, 0) is 18.4 Å². The number of fused-ring (bicyclic) bond motifs is 1. The minimum atomic E-state index is -1.47. The first kappa shape index (κ1) is 20.9. The van der Waals surface area contributed by atoms with Gasteiger partial charge in [-0.3, -0.25) is 0 Å². The fourth-order valence-electron chi connectivity index (χ4n) is 4.37. The monoisotopic (exact) mass is 497 g/mol. The van der Waals surface area contributed by atoms with Crippen LogP contribution in [0.4, 0.5) is 0 Å². The zero-order valence-electron chi connectivity index (χ0n) is 16.8. The molecule has 2 aliphatic rings. The Balaban J connectivity index is 1.87. The van der Waals surface area contributed by atoms with E-state index in [1.54, 1.807) is 0 Å². The first-order valence-corrected chi connectivity index (χ1v) is 14.2. The maximum atomic E-state index is 6.39. The molecule has 1 saturated carbocycles. The molecule has 27 heavy (non-hydrogen) atoms. The smallest absolute Gasteiger partial charge is 0.389 e. The predicted octanol–water partition coefficient (Wildman–Crippen LogP) is 6.84. The van der Waals surface area contributed by atoms with Gasteiger partial charge in [0, 0.05) is 9.12 Å².